The minimum Gasteiger partial charge on any atom is -0.492 e. The normalized spacial score (nSPS) is 11.2. The number of halogens is 1. The van der Waals surface area contributed by atoms with Gasteiger partial charge < -0.3 is 25.4 Å². The van der Waals surface area contributed by atoms with Crippen molar-refractivity contribution in [2.45, 2.75) is 18.4 Å². The summed E-state index contributed by atoms with van der Waals surface area (Å²) >= 11 is 5.92. The van der Waals surface area contributed by atoms with Gasteiger partial charge in [0.2, 0.25) is 5.91 Å². The van der Waals surface area contributed by atoms with Crippen molar-refractivity contribution in [3.63, 3.8) is 0 Å². The Morgan fingerprint density at radius 2 is 1.81 bits per heavy atom. The van der Waals surface area contributed by atoms with Gasteiger partial charge in [0.15, 0.2) is 0 Å². The Kier molecular flexibility index (Phi) is 7.45. The van der Waals surface area contributed by atoms with Crippen LogP contribution in [-0.2, 0) is 4.79 Å². The summed E-state index contributed by atoms with van der Waals surface area (Å²) < 4.78 is 5.44. The van der Waals surface area contributed by atoms with E-state index in [-0.39, 0.29) is 12.3 Å². The highest BCUT2D eigenvalue weighted by Crippen LogP contribution is 2.23. The van der Waals surface area contributed by atoms with Crippen molar-refractivity contribution in [1.82, 2.24) is 5.32 Å². The predicted octanol–water partition coefficient (Wildman–Crippen LogP) is 0.331. The minimum absolute atomic E-state index is 0.145. The van der Waals surface area contributed by atoms with E-state index in [1.165, 1.54) is 0 Å². The summed E-state index contributed by atoms with van der Waals surface area (Å²) in [6.07, 6.45) is 0.585. The first-order chi connectivity index (χ1) is 10.1. The molecule has 4 N–H and O–H groups in total. The summed E-state index contributed by atoms with van der Waals surface area (Å²) in [4.78, 5) is 11.7. The summed E-state index contributed by atoms with van der Waals surface area (Å²) in [5, 5.41) is 30.2. The van der Waals surface area contributed by atoms with Crippen LogP contribution in [0.3, 0.4) is 0 Å². The molecule has 0 heterocycles. The molecule has 0 saturated heterocycles. The molecule has 118 valence electrons. The molecular formula is C14H20ClNO5. The predicted molar refractivity (Wildman–Crippen MR) is 78.3 cm³/mol. The molecule has 0 aliphatic carbocycles. The molecule has 1 aromatic carbocycles. The summed E-state index contributed by atoms with van der Waals surface area (Å²) in [6, 6.07) is 7.03. The molecule has 21 heavy (non-hydrogen) atoms. The van der Waals surface area contributed by atoms with Gasteiger partial charge in [-0.3, -0.25) is 4.79 Å². The third kappa shape index (κ3) is 5.51. The number of aliphatic hydroxyl groups excluding tert-OH is 3. The number of ether oxygens (including phenoxy) is 1. The lowest BCUT2D eigenvalue weighted by molar-refractivity contribution is -0.125. The molecule has 0 bridgehead atoms. The molecule has 1 aromatic rings. The molecule has 1 amide bonds. The van der Waals surface area contributed by atoms with Gasteiger partial charge in [-0.15, -0.1) is 0 Å². The second-order valence-electron chi connectivity index (χ2n) is 4.69. The Bertz CT molecular complexity index is 442. The van der Waals surface area contributed by atoms with Gasteiger partial charge in [0.05, 0.1) is 31.5 Å². The number of carbonyl (C=O) groups excluding carboxylic acids is 1. The van der Waals surface area contributed by atoms with Crippen molar-refractivity contribution >= 4 is 17.5 Å². The van der Waals surface area contributed by atoms with Gasteiger partial charge in [0.1, 0.15) is 11.3 Å². The van der Waals surface area contributed by atoms with Crippen LogP contribution in [0, 0.1) is 0 Å². The zero-order valence-electron chi connectivity index (χ0n) is 11.6. The van der Waals surface area contributed by atoms with Gasteiger partial charge in [-0.1, -0.05) is 23.7 Å². The molecule has 0 spiro atoms. The monoisotopic (exact) mass is 317 g/mol. The van der Waals surface area contributed by atoms with E-state index < -0.39 is 25.4 Å². The van der Waals surface area contributed by atoms with Crippen LogP contribution in [0.25, 0.3) is 0 Å². The van der Waals surface area contributed by atoms with Gasteiger partial charge in [-0.2, -0.15) is 0 Å². The molecule has 7 heteroatoms. The lowest BCUT2D eigenvalue weighted by atomic mass is 10.0. The highest BCUT2D eigenvalue weighted by atomic mass is 35.5. The number of rotatable bonds is 9. The zero-order valence-corrected chi connectivity index (χ0v) is 12.3. The average Bonchev–Trinajstić information content (AvgIpc) is 2.51. The van der Waals surface area contributed by atoms with Crippen LogP contribution in [-0.4, -0.2) is 53.2 Å². The topological polar surface area (TPSA) is 99.0 Å². The fourth-order valence-electron chi connectivity index (χ4n) is 1.60. The maximum absolute atomic E-state index is 11.7. The van der Waals surface area contributed by atoms with Crippen molar-refractivity contribution in [2.75, 3.05) is 26.4 Å². The molecule has 6 nitrogen and oxygen atoms in total. The highest BCUT2D eigenvalue weighted by molar-refractivity contribution is 6.32. The third-order valence-corrected chi connectivity index (χ3v) is 3.27. The fourth-order valence-corrected chi connectivity index (χ4v) is 1.79. The Hall–Kier alpha value is -1.34. The average molecular weight is 318 g/mol. The number of nitrogens with one attached hydrogen (secondary N) is 1. The molecule has 1 rings (SSSR count). The number of carbonyl (C=O) groups is 1. The number of amides is 1. The van der Waals surface area contributed by atoms with Gasteiger partial charge in [0, 0.05) is 6.42 Å². The van der Waals surface area contributed by atoms with Crippen LogP contribution in [0.2, 0.25) is 5.02 Å². The van der Waals surface area contributed by atoms with Gasteiger partial charge in [-0.05, 0) is 18.6 Å². The third-order valence-electron chi connectivity index (χ3n) is 2.95. The van der Waals surface area contributed by atoms with Gasteiger partial charge >= 0.3 is 0 Å². The number of hydrogen-bond donors (Lipinski definition) is 4. The maximum Gasteiger partial charge on any atom is 0.220 e. The molecule has 0 aromatic heterocycles. The van der Waals surface area contributed by atoms with Crippen molar-refractivity contribution in [3.05, 3.63) is 29.3 Å². The van der Waals surface area contributed by atoms with Gasteiger partial charge in [-0.25, -0.2) is 0 Å². The second-order valence-corrected chi connectivity index (χ2v) is 5.09. The first kappa shape index (κ1) is 17.7. The summed E-state index contributed by atoms with van der Waals surface area (Å²) in [5.41, 5.74) is -1.39. The molecule has 0 radical (unpaired) electrons. The molecule has 0 atom stereocenters. The lowest BCUT2D eigenvalue weighted by Crippen LogP contribution is -2.57. The number of benzene rings is 1. The molecule has 0 saturated carbocycles. The van der Waals surface area contributed by atoms with Gasteiger partial charge in [0.25, 0.3) is 0 Å². The Morgan fingerprint density at radius 1 is 1.19 bits per heavy atom. The molecule has 0 fully saturated rings. The van der Waals surface area contributed by atoms with E-state index in [0.29, 0.717) is 23.8 Å². The standard InChI is InChI=1S/C14H20ClNO5/c15-11-4-1-2-5-12(11)21-7-3-6-13(20)16-14(8-17,9-18)10-19/h1-2,4-5,17-19H,3,6-10H2,(H,16,20). The van der Waals surface area contributed by atoms with E-state index in [1.807, 2.05) is 0 Å². The molecular weight excluding hydrogens is 298 g/mol. The van der Waals surface area contributed by atoms with Crippen LogP contribution in [0.15, 0.2) is 24.3 Å². The largest absolute Gasteiger partial charge is 0.492 e. The summed E-state index contributed by atoms with van der Waals surface area (Å²) in [7, 11) is 0. The minimum atomic E-state index is -1.39. The van der Waals surface area contributed by atoms with E-state index >= 15 is 0 Å². The van der Waals surface area contributed by atoms with E-state index in [9.17, 15) is 4.79 Å². The Labute approximate surface area is 128 Å². The second kappa shape index (κ2) is 8.84. The molecule has 0 aliphatic heterocycles. The molecule has 0 aliphatic rings. The summed E-state index contributed by atoms with van der Waals surface area (Å²) in [6.45, 7) is -1.31. The highest BCUT2D eigenvalue weighted by Gasteiger charge is 2.29. The quantitative estimate of drug-likeness (QED) is 0.492. The zero-order chi connectivity index (χ0) is 15.7. The van der Waals surface area contributed by atoms with E-state index in [2.05, 4.69) is 5.32 Å². The van der Waals surface area contributed by atoms with Crippen LogP contribution in [0.1, 0.15) is 12.8 Å². The first-order valence-electron chi connectivity index (χ1n) is 6.58. The van der Waals surface area contributed by atoms with Crippen LogP contribution < -0.4 is 10.1 Å². The van der Waals surface area contributed by atoms with E-state index in [4.69, 9.17) is 31.7 Å². The van der Waals surface area contributed by atoms with Crippen molar-refractivity contribution in [3.8, 4) is 5.75 Å². The van der Waals surface area contributed by atoms with Crippen molar-refractivity contribution < 1.29 is 24.9 Å². The van der Waals surface area contributed by atoms with Crippen molar-refractivity contribution in [1.29, 1.82) is 0 Å². The molecule has 0 unspecified atom stereocenters. The first-order valence-corrected chi connectivity index (χ1v) is 6.95. The Balaban J connectivity index is 2.32. The van der Waals surface area contributed by atoms with Crippen LogP contribution in [0.5, 0.6) is 5.75 Å². The van der Waals surface area contributed by atoms with Crippen molar-refractivity contribution in [2.24, 2.45) is 0 Å². The number of hydrogen-bond acceptors (Lipinski definition) is 5. The maximum atomic E-state index is 11.7. The van der Waals surface area contributed by atoms with E-state index in [0.717, 1.165) is 0 Å². The Morgan fingerprint density at radius 3 is 2.38 bits per heavy atom. The fraction of sp³-hybridized carbons (Fsp3) is 0.500. The smallest absolute Gasteiger partial charge is 0.220 e. The SMILES string of the molecule is O=C(CCCOc1ccccc1Cl)NC(CO)(CO)CO. The lowest BCUT2D eigenvalue weighted by Gasteiger charge is -2.28. The van der Waals surface area contributed by atoms with Crippen LogP contribution in [0.4, 0.5) is 0 Å². The van der Waals surface area contributed by atoms with Crippen LogP contribution >= 0.6 is 11.6 Å². The van der Waals surface area contributed by atoms with E-state index in [1.54, 1.807) is 24.3 Å². The number of para-hydroxylation sites is 1. The number of aliphatic hydroxyl groups is 3. The summed E-state index contributed by atoms with van der Waals surface area (Å²) in [5.74, 6) is 0.171.